The fraction of sp³-hybridized carbons (Fsp3) is 0.312. The number of halogens is 1. The van der Waals surface area contributed by atoms with Crippen molar-refractivity contribution < 1.29 is 0 Å². The van der Waals surface area contributed by atoms with Gasteiger partial charge in [0.25, 0.3) is 0 Å². The summed E-state index contributed by atoms with van der Waals surface area (Å²) in [5.41, 5.74) is 2.32. The molecule has 1 aromatic carbocycles. The highest BCUT2D eigenvalue weighted by atomic mass is 35.5. The molecule has 100 valence electrons. The topological polar surface area (TPSA) is 24.9 Å². The van der Waals surface area contributed by atoms with Crippen molar-refractivity contribution in [3.63, 3.8) is 0 Å². The van der Waals surface area contributed by atoms with Gasteiger partial charge in [0.1, 0.15) is 0 Å². The third kappa shape index (κ3) is 3.79. The third-order valence-electron chi connectivity index (χ3n) is 3.26. The van der Waals surface area contributed by atoms with E-state index in [9.17, 15) is 0 Å². The van der Waals surface area contributed by atoms with Gasteiger partial charge in [0, 0.05) is 23.3 Å². The van der Waals surface area contributed by atoms with Crippen molar-refractivity contribution in [1.29, 1.82) is 0 Å². The second-order valence-electron chi connectivity index (χ2n) is 4.66. The molecule has 2 nitrogen and oxygen atoms in total. The molecule has 0 radical (unpaired) electrons. The third-order valence-corrected chi connectivity index (χ3v) is 3.52. The Morgan fingerprint density at radius 3 is 2.47 bits per heavy atom. The molecule has 2 unspecified atom stereocenters. The van der Waals surface area contributed by atoms with Gasteiger partial charge < -0.3 is 5.32 Å². The van der Waals surface area contributed by atoms with Crippen molar-refractivity contribution in [2.24, 2.45) is 0 Å². The molecule has 1 aromatic heterocycles. The van der Waals surface area contributed by atoms with Gasteiger partial charge in [0.15, 0.2) is 0 Å². The van der Waals surface area contributed by atoms with Crippen LogP contribution in [-0.4, -0.2) is 4.98 Å². The van der Waals surface area contributed by atoms with E-state index in [1.807, 2.05) is 36.5 Å². The molecule has 2 rings (SSSR count). The molecule has 19 heavy (non-hydrogen) atoms. The number of nitrogens with zero attached hydrogens (tertiary/aromatic N) is 1. The molecule has 1 N–H and O–H groups in total. The largest absolute Gasteiger partial charge is 0.302 e. The molecule has 0 aliphatic carbocycles. The van der Waals surface area contributed by atoms with Crippen molar-refractivity contribution in [2.45, 2.75) is 32.4 Å². The van der Waals surface area contributed by atoms with E-state index < -0.39 is 0 Å². The molecular weight excluding hydrogens is 256 g/mol. The number of hydrogen-bond acceptors (Lipinski definition) is 2. The summed E-state index contributed by atoms with van der Waals surface area (Å²) in [5.74, 6) is 0. The van der Waals surface area contributed by atoms with Gasteiger partial charge in [-0.2, -0.15) is 0 Å². The Balaban J connectivity index is 2.09. The number of pyridine rings is 1. The van der Waals surface area contributed by atoms with E-state index in [1.165, 1.54) is 5.56 Å². The van der Waals surface area contributed by atoms with Gasteiger partial charge in [-0.15, -0.1) is 0 Å². The zero-order valence-electron chi connectivity index (χ0n) is 11.3. The van der Waals surface area contributed by atoms with Gasteiger partial charge in [-0.25, -0.2) is 0 Å². The molecule has 2 aromatic rings. The number of hydrogen-bond donors (Lipinski definition) is 1. The summed E-state index contributed by atoms with van der Waals surface area (Å²) in [6, 6.07) is 14.6. The lowest BCUT2D eigenvalue weighted by atomic mass is 10.0. The molecule has 0 saturated carbocycles. The quantitative estimate of drug-likeness (QED) is 0.866. The minimum absolute atomic E-state index is 0.224. The minimum Gasteiger partial charge on any atom is -0.302 e. The second-order valence-corrected chi connectivity index (χ2v) is 5.09. The molecule has 3 heteroatoms. The maximum absolute atomic E-state index is 5.93. The Labute approximate surface area is 119 Å². The molecule has 0 aliphatic heterocycles. The fourth-order valence-corrected chi connectivity index (χ4v) is 2.29. The highest BCUT2D eigenvalue weighted by molar-refractivity contribution is 6.30. The first-order valence-electron chi connectivity index (χ1n) is 6.63. The van der Waals surface area contributed by atoms with Crippen molar-refractivity contribution in [3.8, 4) is 0 Å². The minimum atomic E-state index is 0.224. The SMILES string of the molecule is CCC(NC(C)c1ccccn1)c1ccc(Cl)cc1. The van der Waals surface area contributed by atoms with Crippen LogP contribution in [0.5, 0.6) is 0 Å². The zero-order valence-corrected chi connectivity index (χ0v) is 12.1. The summed E-state index contributed by atoms with van der Waals surface area (Å²) in [6.45, 7) is 4.32. The monoisotopic (exact) mass is 274 g/mol. The lowest BCUT2D eigenvalue weighted by Crippen LogP contribution is -2.24. The highest BCUT2D eigenvalue weighted by Crippen LogP contribution is 2.22. The van der Waals surface area contributed by atoms with Gasteiger partial charge >= 0.3 is 0 Å². The predicted molar refractivity (Wildman–Crippen MR) is 80.3 cm³/mol. The number of rotatable bonds is 5. The van der Waals surface area contributed by atoms with Gasteiger partial charge in [-0.05, 0) is 43.2 Å². The van der Waals surface area contributed by atoms with Crippen LogP contribution >= 0.6 is 11.6 Å². The first-order chi connectivity index (χ1) is 9.20. The smallest absolute Gasteiger partial charge is 0.0570 e. The Bertz CT molecular complexity index is 496. The molecule has 0 fully saturated rings. The van der Waals surface area contributed by atoms with Gasteiger partial charge in [0.2, 0.25) is 0 Å². The Morgan fingerprint density at radius 2 is 1.89 bits per heavy atom. The van der Waals surface area contributed by atoms with Gasteiger partial charge in [0.05, 0.1) is 5.69 Å². The zero-order chi connectivity index (χ0) is 13.7. The average Bonchev–Trinajstić information content (AvgIpc) is 2.46. The van der Waals surface area contributed by atoms with Crippen molar-refractivity contribution in [3.05, 3.63) is 64.9 Å². The second kappa shape index (κ2) is 6.69. The van der Waals surface area contributed by atoms with E-state index in [0.29, 0.717) is 6.04 Å². The summed E-state index contributed by atoms with van der Waals surface area (Å²) in [4.78, 5) is 4.39. The van der Waals surface area contributed by atoms with E-state index in [-0.39, 0.29) is 6.04 Å². The van der Waals surface area contributed by atoms with E-state index >= 15 is 0 Å². The van der Waals surface area contributed by atoms with Crippen molar-refractivity contribution in [2.75, 3.05) is 0 Å². The number of benzene rings is 1. The van der Waals surface area contributed by atoms with E-state index in [0.717, 1.165) is 17.1 Å². The van der Waals surface area contributed by atoms with Crippen LogP contribution in [0.3, 0.4) is 0 Å². The molecule has 1 heterocycles. The van der Waals surface area contributed by atoms with E-state index in [2.05, 4.69) is 36.3 Å². The first kappa shape index (κ1) is 14.0. The van der Waals surface area contributed by atoms with Crippen LogP contribution in [0.25, 0.3) is 0 Å². The molecule has 0 aliphatic rings. The van der Waals surface area contributed by atoms with Crippen LogP contribution in [0.4, 0.5) is 0 Å². The molecule has 2 atom stereocenters. The van der Waals surface area contributed by atoms with E-state index in [1.54, 1.807) is 0 Å². The maximum atomic E-state index is 5.93. The molecule has 0 bridgehead atoms. The summed E-state index contributed by atoms with van der Waals surface area (Å²) in [7, 11) is 0. The predicted octanol–water partition coefficient (Wildman–Crippen LogP) is 4.54. The summed E-state index contributed by atoms with van der Waals surface area (Å²) in [6.07, 6.45) is 2.86. The van der Waals surface area contributed by atoms with Gasteiger partial charge in [-0.3, -0.25) is 4.98 Å². The molecule has 0 spiro atoms. The van der Waals surface area contributed by atoms with Crippen LogP contribution in [0.15, 0.2) is 48.7 Å². The van der Waals surface area contributed by atoms with Crippen LogP contribution in [-0.2, 0) is 0 Å². The van der Waals surface area contributed by atoms with Crippen LogP contribution in [0.2, 0.25) is 5.02 Å². The summed E-state index contributed by atoms with van der Waals surface area (Å²) >= 11 is 5.93. The Kier molecular flexibility index (Phi) is 4.94. The normalized spacial score (nSPS) is 14.1. The van der Waals surface area contributed by atoms with E-state index in [4.69, 9.17) is 11.6 Å². The maximum Gasteiger partial charge on any atom is 0.0570 e. The van der Waals surface area contributed by atoms with Crippen LogP contribution in [0, 0.1) is 0 Å². The lowest BCUT2D eigenvalue weighted by molar-refractivity contribution is 0.450. The fourth-order valence-electron chi connectivity index (χ4n) is 2.16. The van der Waals surface area contributed by atoms with Crippen LogP contribution < -0.4 is 5.32 Å². The molecule has 0 saturated heterocycles. The standard InChI is InChI=1S/C16H19ClN2/c1-3-15(13-7-9-14(17)10-8-13)19-12(2)16-6-4-5-11-18-16/h4-12,15,19H,3H2,1-2H3. The molecule has 0 amide bonds. The van der Waals surface area contributed by atoms with Gasteiger partial charge in [-0.1, -0.05) is 36.7 Å². The molecular formula is C16H19ClN2. The Hall–Kier alpha value is -1.38. The lowest BCUT2D eigenvalue weighted by Gasteiger charge is -2.22. The summed E-state index contributed by atoms with van der Waals surface area (Å²) in [5, 5.41) is 4.39. The van der Waals surface area contributed by atoms with Crippen molar-refractivity contribution in [1.82, 2.24) is 10.3 Å². The number of nitrogens with one attached hydrogen (secondary N) is 1. The highest BCUT2D eigenvalue weighted by Gasteiger charge is 2.14. The Morgan fingerprint density at radius 1 is 1.16 bits per heavy atom. The van der Waals surface area contributed by atoms with Crippen LogP contribution in [0.1, 0.15) is 43.6 Å². The number of aromatic nitrogens is 1. The average molecular weight is 275 g/mol. The first-order valence-corrected chi connectivity index (χ1v) is 7.01. The summed E-state index contributed by atoms with van der Waals surface area (Å²) < 4.78 is 0. The van der Waals surface area contributed by atoms with Crippen molar-refractivity contribution >= 4 is 11.6 Å².